The van der Waals surface area contributed by atoms with Crippen LogP contribution in [0.2, 0.25) is 0 Å². The molecule has 2 aromatic rings. The Morgan fingerprint density at radius 2 is 1.90 bits per heavy atom. The molecule has 1 aromatic heterocycles. The highest BCUT2D eigenvalue weighted by atomic mass is 16.4. The fourth-order valence-corrected chi connectivity index (χ4v) is 1.51. The maximum absolute atomic E-state index is 10.7. The predicted octanol–water partition coefficient (Wildman–Crippen LogP) is 1.65. The van der Waals surface area contributed by atoms with Crippen molar-refractivity contribution in [3.63, 3.8) is 0 Å². The highest BCUT2D eigenvalue weighted by Gasteiger charge is 2.06. The van der Waals surface area contributed by atoms with E-state index in [-0.39, 0.29) is 5.56 Å². The first-order valence-corrected chi connectivity index (χ1v) is 5.58. The van der Waals surface area contributed by atoms with E-state index in [0.717, 1.165) is 5.56 Å². The van der Waals surface area contributed by atoms with Crippen molar-refractivity contribution in [3.05, 3.63) is 47.7 Å². The summed E-state index contributed by atoms with van der Waals surface area (Å²) in [5.41, 5.74) is 7.83. The Balaban J connectivity index is 2.14. The molecule has 0 bridgehead atoms. The maximum atomic E-state index is 10.7. The number of carboxylic acid groups (broad SMARTS) is 1. The molecule has 0 spiro atoms. The number of hydrazone groups is 1. The average Bonchev–Trinajstić information content (AvgIpc) is 2.87. The molecule has 0 saturated heterocycles. The van der Waals surface area contributed by atoms with Crippen molar-refractivity contribution >= 4 is 18.2 Å². The van der Waals surface area contributed by atoms with Crippen LogP contribution in [-0.4, -0.2) is 23.3 Å². The summed E-state index contributed by atoms with van der Waals surface area (Å²) < 4.78 is 5.46. The van der Waals surface area contributed by atoms with Crippen molar-refractivity contribution in [3.8, 4) is 11.3 Å². The summed E-state index contributed by atoms with van der Waals surface area (Å²) in [7, 11) is 0. The van der Waals surface area contributed by atoms with E-state index in [1.165, 1.54) is 18.3 Å². The Kier molecular flexibility index (Phi) is 3.80. The number of hydrogen-bond acceptors (Lipinski definition) is 4. The minimum Gasteiger partial charge on any atom is -0.478 e. The summed E-state index contributed by atoms with van der Waals surface area (Å²) in [4.78, 5) is 21.2. The number of nitrogens with one attached hydrogen (secondary N) is 1. The lowest BCUT2D eigenvalue weighted by molar-refractivity contribution is 0.0697. The molecule has 7 heteroatoms. The van der Waals surface area contributed by atoms with Crippen LogP contribution in [0.15, 0.2) is 45.9 Å². The van der Waals surface area contributed by atoms with Gasteiger partial charge in [-0.1, -0.05) is 12.1 Å². The third-order valence-electron chi connectivity index (χ3n) is 2.41. The monoisotopic (exact) mass is 273 g/mol. The second-order valence-corrected chi connectivity index (χ2v) is 3.82. The molecule has 1 aromatic carbocycles. The number of amides is 2. The van der Waals surface area contributed by atoms with Gasteiger partial charge in [-0.05, 0) is 24.3 Å². The highest BCUT2D eigenvalue weighted by molar-refractivity contribution is 5.88. The Bertz CT molecular complexity index is 659. The number of primary amides is 1. The second-order valence-electron chi connectivity index (χ2n) is 3.82. The van der Waals surface area contributed by atoms with Crippen LogP contribution >= 0.6 is 0 Å². The van der Waals surface area contributed by atoms with Crippen molar-refractivity contribution in [2.45, 2.75) is 0 Å². The van der Waals surface area contributed by atoms with Gasteiger partial charge in [0.15, 0.2) is 0 Å². The molecule has 2 rings (SSSR count). The molecular weight excluding hydrogens is 262 g/mol. The van der Waals surface area contributed by atoms with Crippen molar-refractivity contribution < 1.29 is 19.1 Å². The Hall–Kier alpha value is -3.09. The maximum Gasteiger partial charge on any atom is 0.335 e. The van der Waals surface area contributed by atoms with Crippen LogP contribution in [0.25, 0.3) is 11.3 Å². The van der Waals surface area contributed by atoms with E-state index in [4.69, 9.17) is 15.3 Å². The van der Waals surface area contributed by atoms with Gasteiger partial charge in [0, 0.05) is 5.56 Å². The number of carbonyl (C=O) groups excluding carboxylic acids is 1. The van der Waals surface area contributed by atoms with Gasteiger partial charge in [0.25, 0.3) is 0 Å². The smallest absolute Gasteiger partial charge is 0.335 e. The first-order chi connectivity index (χ1) is 9.56. The van der Waals surface area contributed by atoms with Gasteiger partial charge in [0.05, 0.1) is 11.8 Å². The number of rotatable bonds is 4. The van der Waals surface area contributed by atoms with E-state index in [9.17, 15) is 9.59 Å². The Morgan fingerprint density at radius 3 is 2.50 bits per heavy atom. The average molecular weight is 273 g/mol. The van der Waals surface area contributed by atoms with Crippen LogP contribution in [0.4, 0.5) is 4.79 Å². The molecule has 0 radical (unpaired) electrons. The molecule has 102 valence electrons. The largest absolute Gasteiger partial charge is 0.478 e. The zero-order chi connectivity index (χ0) is 14.5. The fourth-order valence-electron chi connectivity index (χ4n) is 1.51. The molecule has 20 heavy (non-hydrogen) atoms. The molecule has 4 N–H and O–H groups in total. The van der Waals surface area contributed by atoms with Crippen molar-refractivity contribution in [2.24, 2.45) is 10.8 Å². The standard InChI is InChI=1S/C13H11N3O4/c14-13(19)16-15-7-10-5-6-11(20-10)8-1-3-9(4-2-8)12(17)18/h1-7H,(H,17,18)(H3,14,16,19)/b15-7-. The van der Waals surface area contributed by atoms with Gasteiger partial charge in [-0.15, -0.1) is 0 Å². The number of carbonyl (C=O) groups is 2. The van der Waals surface area contributed by atoms with E-state index in [1.54, 1.807) is 24.3 Å². The van der Waals surface area contributed by atoms with Gasteiger partial charge in [0.2, 0.25) is 0 Å². The molecule has 0 aliphatic rings. The quantitative estimate of drug-likeness (QED) is 0.579. The van der Waals surface area contributed by atoms with Gasteiger partial charge >= 0.3 is 12.0 Å². The van der Waals surface area contributed by atoms with Gasteiger partial charge in [-0.25, -0.2) is 15.0 Å². The number of urea groups is 1. The fraction of sp³-hybridized carbons (Fsp3) is 0. The first kappa shape index (κ1) is 13.3. The molecule has 0 fully saturated rings. The zero-order valence-corrected chi connectivity index (χ0v) is 10.2. The highest BCUT2D eigenvalue weighted by Crippen LogP contribution is 2.21. The van der Waals surface area contributed by atoms with E-state index in [0.29, 0.717) is 11.5 Å². The summed E-state index contributed by atoms with van der Waals surface area (Å²) in [6.07, 6.45) is 1.31. The number of hydrogen-bond donors (Lipinski definition) is 3. The second kappa shape index (κ2) is 5.70. The molecule has 0 aliphatic heterocycles. The molecule has 0 aliphatic carbocycles. The van der Waals surface area contributed by atoms with Gasteiger partial charge in [-0.2, -0.15) is 5.10 Å². The number of nitrogens with two attached hydrogens (primary N) is 1. The summed E-state index contributed by atoms with van der Waals surface area (Å²) >= 11 is 0. The normalized spacial score (nSPS) is 10.6. The lowest BCUT2D eigenvalue weighted by Crippen LogP contribution is -2.24. The van der Waals surface area contributed by atoms with Gasteiger partial charge in [0.1, 0.15) is 11.5 Å². The summed E-state index contributed by atoms with van der Waals surface area (Å²) in [6, 6.07) is 8.87. The first-order valence-electron chi connectivity index (χ1n) is 5.58. The predicted molar refractivity (Wildman–Crippen MR) is 71.4 cm³/mol. The molecule has 0 saturated carbocycles. The third kappa shape index (κ3) is 3.22. The molecular formula is C13H11N3O4. The van der Waals surface area contributed by atoms with E-state index < -0.39 is 12.0 Å². The summed E-state index contributed by atoms with van der Waals surface area (Å²) in [6.45, 7) is 0. The SMILES string of the molecule is NC(=O)N/N=C\c1ccc(-c2ccc(C(=O)O)cc2)o1. The van der Waals surface area contributed by atoms with E-state index in [1.807, 2.05) is 5.43 Å². The lowest BCUT2D eigenvalue weighted by atomic mass is 10.1. The minimum absolute atomic E-state index is 0.202. The third-order valence-corrected chi connectivity index (χ3v) is 2.41. The number of furan rings is 1. The van der Waals surface area contributed by atoms with Crippen LogP contribution in [-0.2, 0) is 0 Å². The van der Waals surface area contributed by atoms with Crippen molar-refractivity contribution in [1.29, 1.82) is 0 Å². The topological polar surface area (TPSA) is 118 Å². The Labute approximate surface area is 113 Å². The molecule has 1 heterocycles. The number of carboxylic acids is 1. The number of nitrogens with zero attached hydrogens (tertiary/aromatic N) is 1. The minimum atomic E-state index is -0.985. The number of aromatic carboxylic acids is 1. The number of benzene rings is 1. The van der Waals surface area contributed by atoms with Crippen molar-refractivity contribution in [1.82, 2.24) is 5.43 Å². The van der Waals surface area contributed by atoms with E-state index in [2.05, 4.69) is 5.10 Å². The van der Waals surface area contributed by atoms with E-state index >= 15 is 0 Å². The van der Waals surface area contributed by atoms with Gasteiger partial charge < -0.3 is 15.3 Å². The lowest BCUT2D eigenvalue weighted by Gasteiger charge is -1.98. The zero-order valence-electron chi connectivity index (χ0n) is 10.2. The molecule has 2 amide bonds. The molecule has 0 atom stereocenters. The van der Waals surface area contributed by atoms with Crippen LogP contribution < -0.4 is 11.2 Å². The van der Waals surface area contributed by atoms with Gasteiger partial charge in [-0.3, -0.25) is 0 Å². The van der Waals surface area contributed by atoms with Crippen molar-refractivity contribution in [2.75, 3.05) is 0 Å². The Morgan fingerprint density at radius 1 is 1.20 bits per heavy atom. The summed E-state index contributed by atoms with van der Waals surface area (Å²) in [5, 5.41) is 12.4. The summed E-state index contributed by atoms with van der Waals surface area (Å²) in [5.74, 6) is -0.000122. The van der Waals surface area contributed by atoms with Crippen LogP contribution in [0.5, 0.6) is 0 Å². The molecule has 7 nitrogen and oxygen atoms in total. The molecule has 0 unspecified atom stereocenters. The van der Waals surface area contributed by atoms with Crippen LogP contribution in [0.1, 0.15) is 16.1 Å². The van der Waals surface area contributed by atoms with Crippen LogP contribution in [0.3, 0.4) is 0 Å². The van der Waals surface area contributed by atoms with Crippen LogP contribution in [0, 0.1) is 0 Å².